The Morgan fingerprint density at radius 1 is 1.12 bits per heavy atom. The fraction of sp³-hybridized carbons (Fsp3) is 0.263. The first-order valence-corrected chi connectivity index (χ1v) is 8.03. The van der Waals surface area contributed by atoms with Crippen molar-refractivity contribution in [3.05, 3.63) is 59.7 Å². The first kappa shape index (κ1) is 21.5. The number of carbonyl (C=O) groups is 2. The van der Waals surface area contributed by atoms with Crippen molar-refractivity contribution in [1.82, 2.24) is 5.32 Å². The van der Waals surface area contributed by atoms with Gasteiger partial charge in [0.05, 0.1) is 24.9 Å². The molecule has 140 valence electrons. The lowest BCUT2D eigenvalue weighted by molar-refractivity contribution is -0.117. The lowest BCUT2D eigenvalue weighted by atomic mass is 10.1. The first-order valence-electron chi connectivity index (χ1n) is 8.03. The van der Waals surface area contributed by atoms with Crippen molar-refractivity contribution in [3.8, 4) is 5.75 Å². The van der Waals surface area contributed by atoms with Gasteiger partial charge in [0.2, 0.25) is 5.91 Å². The highest BCUT2D eigenvalue weighted by atomic mass is 35.5. The van der Waals surface area contributed by atoms with Crippen molar-refractivity contribution in [2.75, 3.05) is 32.1 Å². The van der Waals surface area contributed by atoms with Crippen LogP contribution in [0.2, 0.25) is 0 Å². The van der Waals surface area contributed by atoms with Crippen LogP contribution >= 0.6 is 12.4 Å². The summed E-state index contributed by atoms with van der Waals surface area (Å²) in [7, 11) is 3.23. The molecular formula is C19H24ClN3O3. The highest BCUT2D eigenvalue weighted by Crippen LogP contribution is 2.19. The Morgan fingerprint density at radius 3 is 2.38 bits per heavy atom. The summed E-state index contributed by atoms with van der Waals surface area (Å²) in [6.07, 6.45) is 0.704. The standard InChI is InChI=1S/C19H23N3O3.ClH/c1-22(18(23)13-20)17-6-4-3-5-16(17)19(24)21-12-11-14-7-9-15(25-2)10-8-14;/h3-10H,11-13,20H2,1-2H3,(H,21,24);1H. The number of benzene rings is 2. The molecule has 2 aromatic rings. The molecule has 0 spiro atoms. The summed E-state index contributed by atoms with van der Waals surface area (Å²) in [6, 6.07) is 14.7. The second kappa shape index (κ2) is 10.4. The number of amides is 2. The molecule has 0 saturated carbocycles. The van der Waals surface area contributed by atoms with Crippen LogP contribution in [0.5, 0.6) is 5.75 Å². The summed E-state index contributed by atoms with van der Waals surface area (Å²) < 4.78 is 5.12. The number of methoxy groups -OCH3 is 1. The second-order valence-corrected chi connectivity index (χ2v) is 5.53. The minimum absolute atomic E-state index is 0. The zero-order chi connectivity index (χ0) is 18.2. The molecule has 0 saturated heterocycles. The van der Waals surface area contributed by atoms with E-state index >= 15 is 0 Å². The summed E-state index contributed by atoms with van der Waals surface area (Å²) >= 11 is 0. The minimum atomic E-state index is -0.251. The molecule has 0 aliphatic rings. The average Bonchev–Trinajstić information content (AvgIpc) is 2.67. The normalized spacial score (nSPS) is 9.81. The van der Waals surface area contributed by atoms with Crippen LogP contribution in [0.25, 0.3) is 0 Å². The maximum atomic E-state index is 12.5. The average molecular weight is 378 g/mol. The number of hydrogen-bond acceptors (Lipinski definition) is 4. The molecule has 0 unspecified atom stereocenters. The highest BCUT2D eigenvalue weighted by Gasteiger charge is 2.17. The van der Waals surface area contributed by atoms with E-state index in [0.29, 0.717) is 24.2 Å². The molecule has 2 amide bonds. The largest absolute Gasteiger partial charge is 0.497 e. The van der Waals surface area contributed by atoms with Gasteiger partial charge < -0.3 is 20.7 Å². The van der Waals surface area contributed by atoms with Crippen LogP contribution in [0.4, 0.5) is 5.69 Å². The SMILES string of the molecule is COc1ccc(CCNC(=O)c2ccccc2N(C)C(=O)CN)cc1.Cl. The second-order valence-electron chi connectivity index (χ2n) is 5.53. The Morgan fingerprint density at radius 2 is 1.77 bits per heavy atom. The number of nitrogens with zero attached hydrogens (tertiary/aromatic N) is 1. The predicted octanol–water partition coefficient (Wildman–Crippen LogP) is 2.01. The van der Waals surface area contributed by atoms with E-state index in [1.807, 2.05) is 24.3 Å². The maximum Gasteiger partial charge on any atom is 0.253 e. The van der Waals surface area contributed by atoms with Gasteiger partial charge in [0.1, 0.15) is 5.75 Å². The summed E-state index contributed by atoms with van der Waals surface area (Å²) in [5, 5.41) is 2.89. The number of nitrogens with one attached hydrogen (secondary N) is 1. The highest BCUT2D eigenvalue weighted by molar-refractivity contribution is 6.04. The van der Waals surface area contributed by atoms with Gasteiger partial charge in [0.25, 0.3) is 5.91 Å². The monoisotopic (exact) mass is 377 g/mol. The molecule has 2 rings (SSSR count). The van der Waals surface area contributed by atoms with Crippen LogP contribution in [0, 0.1) is 0 Å². The molecule has 2 aromatic carbocycles. The molecule has 0 aliphatic carbocycles. The van der Waals surface area contributed by atoms with Gasteiger partial charge in [-0.3, -0.25) is 9.59 Å². The molecule has 6 nitrogen and oxygen atoms in total. The van der Waals surface area contributed by atoms with Gasteiger partial charge in [0, 0.05) is 13.6 Å². The van der Waals surface area contributed by atoms with Gasteiger partial charge in [-0.15, -0.1) is 12.4 Å². The zero-order valence-corrected chi connectivity index (χ0v) is 15.7. The Balaban J connectivity index is 0.00000338. The molecule has 26 heavy (non-hydrogen) atoms. The van der Waals surface area contributed by atoms with Gasteiger partial charge in [0.15, 0.2) is 0 Å². The number of ether oxygens (including phenoxy) is 1. The topological polar surface area (TPSA) is 84.7 Å². The zero-order valence-electron chi connectivity index (χ0n) is 14.9. The van der Waals surface area contributed by atoms with Gasteiger partial charge in [-0.05, 0) is 36.2 Å². The molecule has 3 N–H and O–H groups in total. The third-order valence-electron chi connectivity index (χ3n) is 3.92. The van der Waals surface area contributed by atoms with Gasteiger partial charge in [-0.1, -0.05) is 24.3 Å². The van der Waals surface area contributed by atoms with Gasteiger partial charge in [-0.25, -0.2) is 0 Å². The predicted molar refractivity (Wildman–Crippen MR) is 105 cm³/mol. The maximum absolute atomic E-state index is 12.5. The van der Waals surface area contributed by atoms with E-state index < -0.39 is 0 Å². The number of halogens is 1. The summed E-state index contributed by atoms with van der Waals surface area (Å²) in [5.41, 5.74) is 7.49. The van der Waals surface area contributed by atoms with Gasteiger partial charge >= 0.3 is 0 Å². The Hall–Kier alpha value is -2.57. The summed E-state index contributed by atoms with van der Waals surface area (Å²) in [6.45, 7) is 0.387. The Kier molecular flexibility index (Phi) is 8.61. The first-order chi connectivity index (χ1) is 12.1. The smallest absolute Gasteiger partial charge is 0.253 e. The molecular weight excluding hydrogens is 354 g/mol. The van der Waals surface area contributed by atoms with Crippen molar-refractivity contribution in [3.63, 3.8) is 0 Å². The van der Waals surface area contributed by atoms with Crippen molar-refractivity contribution in [2.24, 2.45) is 5.73 Å². The Bertz CT molecular complexity index is 735. The summed E-state index contributed by atoms with van der Waals surface area (Å²) in [4.78, 5) is 25.7. The van der Waals surface area contributed by atoms with Gasteiger partial charge in [-0.2, -0.15) is 0 Å². The number of rotatable bonds is 7. The van der Waals surface area contributed by atoms with Crippen molar-refractivity contribution >= 4 is 29.9 Å². The number of carbonyl (C=O) groups excluding carboxylic acids is 2. The van der Waals surface area contributed by atoms with E-state index in [0.717, 1.165) is 11.3 Å². The van der Waals surface area contributed by atoms with Crippen LogP contribution in [0.15, 0.2) is 48.5 Å². The Labute approximate surface area is 159 Å². The molecule has 0 heterocycles. The fourth-order valence-electron chi connectivity index (χ4n) is 2.44. The van der Waals surface area contributed by atoms with Crippen LogP contribution in [-0.2, 0) is 11.2 Å². The molecule has 0 bridgehead atoms. The van der Waals surface area contributed by atoms with Crippen LogP contribution in [0.3, 0.4) is 0 Å². The summed E-state index contributed by atoms with van der Waals surface area (Å²) in [5.74, 6) is 0.327. The van der Waals surface area contributed by atoms with Crippen LogP contribution < -0.4 is 20.7 Å². The third-order valence-corrected chi connectivity index (χ3v) is 3.92. The van der Waals surface area contributed by atoms with E-state index in [1.54, 1.807) is 38.4 Å². The molecule has 7 heteroatoms. The van der Waals surface area contributed by atoms with E-state index in [9.17, 15) is 9.59 Å². The van der Waals surface area contributed by atoms with E-state index in [2.05, 4.69) is 5.32 Å². The van der Waals surface area contributed by atoms with Crippen molar-refractivity contribution < 1.29 is 14.3 Å². The van der Waals surface area contributed by atoms with Crippen LogP contribution in [-0.4, -0.2) is 39.1 Å². The van der Waals surface area contributed by atoms with E-state index in [1.165, 1.54) is 4.90 Å². The number of nitrogens with two attached hydrogens (primary N) is 1. The van der Waals surface area contributed by atoms with Crippen LogP contribution in [0.1, 0.15) is 15.9 Å². The fourth-order valence-corrected chi connectivity index (χ4v) is 2.44. The van der Waals surface area contributed by atoms with E-state index in [-0.39, 0.29) is 30.8 Å². The number of anilines is 1. The lowest BCUT2D eigenvalue weighted by Crippen LogP contribution is -2.35. The molecule has 0 aliphatic heterocycles. The molecule has 0 fully saturated rings. The number of para-hydroxylation sites is 1. The minimum Gasteiger partial charge on any atom is -0.497 e. The quantitative estimate of drug-likeness (QED) is 0.773. The van der Waals surface area contributed by atoms with E-state index in [4.69, 9.17) is 10.5 Å². The third kappa shape index (κ3) is 5.47. The number of likely N-dealkylation sites (N-methyl/N-ethyl adjacent to an activating group) is 1. The van der Waals surface area contributed by atoms with Crippen molar-refractivity contribution in [2.45, 2.75) is 6.42 Å². The lowest BCUT2D eigenvalue weighted by Gasteiger charge is -2.19. The molecule has 0 atom stereocenters. The van der Waals surface area contributed by atoms with Crippen molar-refractivity contribution in [1.29, 1.82) is 0 Å². The molecule has 0 radical (unpaired) electrons. The number of hydrogen-bond donors (Lipinski definition) is 2. The molecule has 0 aromatic heterocycles.